The van der Waals surface area contributed by atoms with Crippen LogP contribution in [0.1, 0.15) is 59.2 Å². The Hall–Kier alpha value is -1.92. The van der Waals surface area contributed by atoms with Crippen LogP contribution in [0.25, 0.3) is 0 Å². The Balaban J connectivity index is 2.51. The molecule has 7 nitrogen and oxygen atoms in total. The van der Waals surface area contributed by atoms with Crippen LogP contribution in [0.4, 0.5) is 0 Å². The normalized spacial score (nSPS) is 11.6. The van der Waals surface area contributed by atoms with Gasteiger partial charge in [-0.2, -0.15) is 4.98 Å². The van der Waals surface area contributed by atoms with E-state index in [1.54, 1.807) is 0 Å². The number of amides is 1. The van der Waals surface area contributed by atoms with Gasteiger partial charge in [0.15, 0.2) is 5.82 Å². The summed E-state index contributed by atoms with van der Waals surface area (Å²) < 4.78 is 9.83. The van der Waals surface area contributed by atoms with E-state index >= 15 is 0 Å². The first-order valence-corrected chi connectivity index (χ1v) is 7.84. The van der Waals surface area contributed by atoms with Gasteiger partial charge in [-0.05, 0) is 20.3 Å². The van der Waals surface area contributed by atoms with Crippen molar-refractivity contribution in [3.63, 3.8) is 0 Å². The SMILES string of the molecule is COC(=O)CN(C(=O)CCCc1nc(C(C)(C)C)no1)C(C)C. The second kappa shape index (κ2) is 8.08. The van der Waals surface area contributed by atoms with Crippen LogP contribution in [-0.2, 0) is 26.2 Å². The second-order valence-corrected chi connectivity index (χ2v) is 6.81. The molecule has 23 heavy (non-hydrogen) atoms. The van der Waals surface area contributed by atoms with Gasteiger partial charge in [-0.15, -0.1) is 0 Å². The molecule has 0 radical (unpaired) electrons. The molecule has 0 aliphatic carbocycles. The Bertz CT molecular complexity index is 532. The van der Waals surface area contributed by atoms with E-state index in [1.807, 2.05) is 34.6 Å². The number of nitrogens with zero attached hydrogens (tertiary/aromatic N) is 3. The lowest BCUT2D eigenvalue weighted by Gasteiger charge is -2.25. The number of carbonyl (C=O) groups excluding carboxylic acids is 2. The number of aromatic nitrogens is 2. The number of methoxy groups -OCH3 is 1. The summed E-state index contributed by atoms with van der Waals surface area (Å²) in [4.78, 5) is 29.5. The molecule has 1 rings (SSSR count). The third-order valence-electron chi connectivity index (χ3n) is 3.39. The number of hydrogen-bond acceptors (Lipinski definition) is 6. The van der Waals surface area contributed by atoms with Crippen LogP contribution in [0.3, 0.4) is 0 Å². The highest BCUT2D eigenvalue weighted by atomic mass is 16.5. The number of carbonyl (C=O) groups is 2. The minimum absolute atomic E-state index is 0.0261. The molecule has 0 aliphatic rings. The van der Waals surface area contributed by atoms with Crippen LogP contribution in [0.2, 0.25) is 0 Å². The van der Waals surface area contributed by atoms with Gasteiger partial charge in [-0.25, -0.2) is 0 Å². The molecule has 1 heterocycles. The van der Waals surface area contributed by atoms with Crippen molar-refractivity contribution >= 4 is 11.9 Å². The minimum atomic E-state index is -0.418. The first kappa shape index (κ1) is 19.1. The van der Waals surface area contributed by atoms with Crippen LogP contribution in [0.5, 0.6) is 0 Å². The quantitative estimate of drug-likeness (QED) is 0.714. The first-order valence-electron chi connectivity index (χ1n) is 7.84. The Morgan fingerprint density at radius 3 is 2.43 bits per heavy atom. The van der Waals surface area contributed by atoms with Crippen molar-refractivity contribution in [2.75, 3.05) is 13.7 Å². The van der Waals surface area contributed by atoms with Crippen LogP contribution in [0.15, 0.2) is 4.52 Å². The molecule has 0 unspecified atom stereocenters. The molecule has 0 saturated carbocycles. The van der Waals surface area contributed by atoms with E-state index in [1.165, 1.54) is 12.0 Å². The highest BCUT2D eigenvalue weighted by molar-refractivity contribution is 5.82. The Morgan fingerprint density at radius 1 is 1.30 bits per heavy atom. The summed E-state index contributed by atoms with van der Waals surface area (Å²) >= 11 is 0. The number of aryl methyl sites for hydroxylation is 1. The molecular formula is C16H27N3O4. The van der Waals surface area contributed by atoms with Crippen molar-refractivity contribution in [3.8, 4) is 0 Å². The first-order chi connectivity index (χ1) is 10.6. The molecule has 0 aliphatic heterocycles. The van der Waals surface area contributed by atoms with Crippen molar-refractivity contribution in [1.82, 2.24) is 15.0 Å². The zero-order valence-electron chi connectivity index (χ0n) is 14.9. The summed E-state index contributed by atoms with van der Waals surface area (Å²) in [5.41, 5.74) is -0.160. The number of rotatable bonds is 7. The van der Waals surface area contributed by atoms with Gasteiger partial charge in [-0.1, -0.05) is 25.9 Å². The Kier molecular flexibility index (Phi) is 6.72. The maximum Gasteiger partial charge on any atom is 0.325 e. The molecule has 0 atom stereocenters. The van der Waals surface area contributed by atoms with E-state index in [2.05, 4.69) is 14.9 Å². The van der Waals surface area contributed by atoms with Gasteiger partial charge in [0.1, 0.15) is 6.54 Å². The van der Waals surface area contributed by atoms with Crippen molar-refractivity contribution in [2.24, 2.45) is 0 Å². The van der Waals surface area contributed by atoms with Gasteiger partial charge >= 0.3 is 5.97 Å². The van der Waals surface area contributed by atoms with Gasteiger partial charge in [0, 0.05) is 24.3 Å². The maximum absolute atomic E-state index is 12.2. The van der Waals surface area contributed by atoms with E-state index in [-0.39, 0.29) is 23.9 Å². The monoisotopic (exact) mass is 325 g/mol. The molecule has 0 bridgehead atoms. The van der Waals surface area contributed by atoms with Crippen LogP contribution >= 0.6 is 0 Å². The molecule has 130 valence electrons. The lowest BCUT2D eigenvalue weighted by molar-refractivity contribution is -0.148. The van der Waals surface area contributed by atoms with Gasteiger partial charge in [-0.3, -0.25) is 9.59 Å². The maximum atomic E-state index is 12.2. The fourth-order valence-corrected chi connectivity index (χ4v) is 1.96. The molecule has 1 aromatic heterocycles. The zero-order valence-corrected chi connectivity index (χ0v) is 14.9. The zero-order chi connectivity index (χ0) is 17.6. The van der Waals surface area contributed by atoms with Crippen molar-refractivity contribution in [3.05, 3.63) is 11.7 Å². The van der Waals surface area contributed by atoms with Crippen molar-refractivity contribution in [1.29, 1.82) is 0 Å². The summed E-state index contributed by atoms with van der Waals surface area (Å²) in [5, 5.41) is 3.96. The van der Waals surface area contributed by atoms with Crippen molar-refractivity contribution in [2.45, 2.75) is 65.3 Å². The van der Waals surface area contributed by atoms with Crippen LogP contribution in [0, 0.1) is 0 Å². The number of esters is 1. The molecule has 1 amide bonds. The van der Waals surface area contributed by atoms with Gasteiger partial charge in [0.2, 0.25) is 11.8 Å². The highest BCUT2D eigenvalue weighted by Gasteiger charge is 2.22. The molecule has 0 fully saturated rings. The molecule has 0 aromatic carbocycles. The number of ether oxygens (including phenoxy) is 1. The number of hydrogen-bond donors (Lipinski definition) is 0. The summed E-state index contributed by atoms with van der Waals surface area (Å²) in [5.74, 6) is 0.694. The summed E-state index contributed by atoms with van der Waals surface area (Å²) in [6, 6.07) is -0.0579. The third-order valence-corrected chi connectivity index (χ3v) is 3.39. The summed E-state index contributed by atoms with van der Waals surface area (Å²) in [6.45, 7) is 9.75. The Morgan fingerprint density at radius 2 is 1.96 bits per heavy atom. The predicted molar refractivity (Wildman–Crippen MR) is 84.8 cm³/mol. The highest BCUT2D eigenvalue weighted by Crippen LogP contribution is 2.19. The van der Waals surface area contributed by atoms with Gasteiger partial charge < -0.3 is 14.2 Å². The molecule has 0 N–H and O–H groups in total. The van der Waals surface area contributed by atoms with E-state index in [0.717, 1.165) is 0 Å². The molecule has 0 saturated heterocycles. The van der Waals surface area contributed by atoms with E-state index < -0.39 is 5.97 Å². The minimum Gasteiger partial charge on any atom is -0.468 e. The molecule has 7 heteroatoms. The second-order valence-electron chi connectivity index (χ2n) is 6.81. The third kappa shape index (κ3) is 6.00. The van der Waals surface area contributed by atoms with E-state index in [0.29, 0.717) is 31.0 Å². The summed E-state index contributed by atoms with van der Waals surface area (Å²) in [7, 11) is 1.31. The fourth-order valence-electron chi connectivity index (χ4n) is 1.96. The van der Waals surface area contributed by atoms with Gasteiger partial charge in [0.25, 0.3) is 0 Å². The lowest BCUT2D eigenvalue weighted by Crippen LogP contribution is -2.41. The molecule has 1 aromatic rings. The Labute approximate surface area is 137 Å². The topological polar surface area (TPSA) is 85.5 Å². The van der Waals surface area contributed by atoms with Crippen molar-refractivity contribution < 1.29 is 18.8 Å². The predicted octanol–water partition coefficient (Wildman–Crippen LogP) is 2.10. The van der Waals surface area contributed by atoms with Crippen LogP contribution in [-0.4, -0.2) is 46.6 Å². The largest absolute Gasteiger partial charge is 0.468 e. The molecular weight excluding hydrogens is 298 g/mol. The lowest BCUT2D eigenvalue weighted by atomic mass is 9.96. The summed E-state index contributed by atoms with van der Waals surface area (Å²) in [6.07, 6.45) is 1.45. The molecule has 0 spiro atoms. The average Bonchev–Trinajstić information content (AvgIpc) is 2.92. The standard InChI is InChI=1S/C16H27N3O4/c1-11(2)19(10-14(21)22-6)13(20)9-7-8-12-17-15(18-23-12)16(3,4)5/h11H,7-10H2,1-6H3. The smallest absolute Gasteiger partial charge is 0.325 e. The van der Waals surface area contributed by atoms with Gasteiger partial charge in [0.05, 0.1) is 7.11 Å². The van der Waals surface area contributed by atoms with E-state index in [9.17, 15) is 9.59 Å². The van der Waals surface area contributed by atoms with E-state index in [4.69, 9.17) is 4.52 Å². The van der Waals surface area contributed by atoms with Crippen LogP contribution < -0.4 is 0 Å². The fraction of sp³-hybridized carbons (Fsp3) is 0.750. The average molecular weight is 325 g/mol.